The van der Waals surface area contributed by atoms with Gasteiger partial charge in [-0.15, -0.1) is 0 Å². The van der Waals surface area contributed by atoms with E-state index in [4.69, 9.17) is 4.74 Å². The number of pyridine rings is 1. The maximum atomic E-state index is 15.0. The van der Waals surface area contributed by atoms with Crippen LogP contribution < -0.4 is 10.9 Å². The molecule has 196 valence electrons. The second kappa shape index (κ2) is 10.4. The molecule has 0 saturated heterocycles. The number of rotatable bonds is 6. The Morgan fingerprint density at radius 1 is 0.921 bits per heavy atom. The number of carbonyl (C=O) groups is 2. The van der Waals surface area contributed by atoms with Gasteiger partial charge in [0.15, 0.2) is 0 Å². The molecule has 0 spiro atoms. The monoisotopic (exact) mass is 524 g/mol. The van der Waals surface area contributed by atoms with Crippen LogP contribution in [-0.2, 0) is 26.4 Å². The first kappa shape index (κ1) is 26.5. The molecule has 0 saturated carbocycles. The number of alkyl halides is 3. The molecule has 0 aliphatic carbocycles. The molecule has 0 bridgehead atoms. The fourth-order valence-electron chi connectivity index (χ4n) is 4.23. The third-order valence-corrected chi connectivity index (χ3v) is 6.06. The predicted octanol–water partition coefficient (Wildman–Crippen LogP) is 5.36. The summed E-state index contributed by atoms with van der Waals surface area (Å²) in [6, 6.07) is 20.8. The van der Waals surface area contributed by atoms with E-state index in [1.807, 2.05) is 0 Å². The number of fused-ring (bicyclic) bond motifs is 1. The summed E-state index contributed by atoms with van der Waals surface area (Å²) in [4.78, 5) is 41.7. The van der Waals surface area contributed by atoms with E-state index in [0.29, 0.717) is 5.56 Å². The second-order valence-corrected chi connectivity index (χ2v) is 8.54. The number of ether oxygens (including phenoxy) is 2. The smallest absolute Gasteiger partial charge is 0.427 e. The summed E-state index contributed by atoms with van der Waals surface area (Å²) in [5, 5.41) is 1.88. The van der Waals surface area contributed by atoms with E-state index in [1.165, 1.54) is 24.3 Å². The lowest BCUT2D eigenvalue weighted by atomic mass is 9.82. The first-order valence-corrected chi connectivity index (χ1v) is 11.4. The van der Waals surface area contributed by atoms with Gasteiger partial charge in [0, 0.05) is 16.5 Å². The molecule has 3 aromatic carbocycles. The number of para-hydroxylation sites is 1. The number of nitrogens with one attached hydrogen (secondary N) is 2. The fourth-order valence-corrected chi connectivity index (χ4v) is 4.23. The fraction of sp³-hybridized carbons (Fsp3) is 0.179. The van der Waals surface area contributed by atoms with Crippen molar-refractivity contribution in [3.63, 3.8) is 0 Å². The molecule has 4 aromatic rings. The van der Waals surface area contributed by atoms with Gasteiger partial charge in [-0.3, -0.25) is 10.1 Å². The van der Waals surface area contributed by atoms with Crippen LogP contribution >= 0.6 is 0 Å². The maximum absolute atomic E-state index is 15.0. The normalized spacial score (nSPS) is 13.0. The number of halogens is 3. The zero-order chi connectivity index (χ0) is 27.5. The van der Waals surface area contributed by atoms with Crippen molar-refractivity contribution in [2.24, 2.45) is 0 Å². The lowest BCUT2D eigenvalue weighted by molar-refractivity contribution is -0.213. The zero-order valence-electron chi connectivity index (χ0n) is 20.4. The van der Waals surface area contributed by atoms with Crippen LogP contribution in [0.25, 0.3) is 22.0 Å². The number of carbonyl (C=O) groups excluding carboxylic acids is 2. The minimum Gasteiger partial charge on any atom is -0.467 e. The Labute approximate surface area is 215 Å². The summed E-state index contributed by atoms with van der Waals surface area (Å²) in [7, 11) is 0.737. The van der Waals surface area contributed by atoms with E-state index in [9.17, 15) is 14.4 Å². The average Bonchev–Trinajstić information content (AvgIpc) is 2.90. The maximum Gasteiger partial charge on any atom is 0.427 e. The Balaban J connectivity index is 1.98. The van der Waals surface area contributed by atoms with Crippen molar-refractivity contribution >= 4 is 23.0 Å². The second-order valence-electron chi connectivity index (χ2n) is 8.54. The lowest BCUT2D eigenvalue weighted by Gasteiger charge is -2.34. The highest BCUT2D eigenvalue weighted by Gasteiger charge is 2.66. The van der Waals surface area contributed by atoms with E-state index in [2.05, 4.69) is 9.72 Å². The quantitative estimate of drug-likeness (QED) is 0.331. The molecule has 1 unspecified atom stereocenters. The van der Waals surface area contributed by atoms with Crippen LogP contribution in [-0.4, -0.2) is 30.3 Å². The highest BCUT2D eigenvalue weighted by atomic mass is 19.4. The van der Waals surface area contributed by atoms with Crippen molar-refractivity contribution in [1.82, 2.24) is 10.3 Å². The number of aromatic amines is 1. The van der Waals surface area contributed by atoms with E-state index < -0.39 is 34.9 Å². The van der Waals surface area contributed by atoms with Crippen molar-refractivity contribution < 1.29 is 32.2 Å². The van der Waals surface area contributed by atoms with Crippen LogP contribution in [0, 0.1) is 6.92 Å². The minimum absolute atomic E-state index is 0.185. The number of amides is 1. The molecule has 1 amide bonds. The summed E-state index contributed by atoms with van der Waals surface area (Å²) in [6.45, 7) is 1.42. The predicted molar refractivity (Wildman–Crippen MR) is 134 cm³/mol. The molecule has 0 aliphatic heterocycles. The van der Waals surface area contributed by atoms with Crippen molar-refractivity contribution in [3.05, 3.63) is 106 Å². The van der Waals surface area contributed by atoms with Crippen molar-refractivity contribution in [3.8, 4) is 11.1 Å². The SMILES string of the molecule is COC(=O)C(NC(=O)OCc1ccccc1)(c1c(-c2ccc(C)cc2)c2ccccc2[nH]c1=O)C(F)(F)F. The molecule has 7 nitrogen and oxygen atoms in total. The molecule has 1 aromatic heterocycles. The molecule has 38 heavy (non-hydrogen) atoms. The van der Waals surface area contributed by atoms with Gasteiger partial charge < -0.3 is 14.5 Å². The third-order valence-electron chi connectivity index (χ3n) is 6.06. The average molecular weight is 524 g/mol. The first-order valence-electron chi connectivity index (χ1n) is 11.4. The van der Waals surface area contributed by atoms with Crippen LogP contribution in [0.1, 0.15) is 16.7 Å². The molecular weight excluding hydrogens is 501 g/mol. The summed E-state index contributed by atoms with van der Waals surface area (Å²) < 4.78 is 54.7. The molecule has 1 atom stereocenters. The van der Waals surface area contributed by atoms with E-state index in [-0.39, 0.29) is 28.6 Å². The molecular formula is C28H23F3N2O5. The number of esters is 1. The Bertz CT molecular complexity index is 1530. The molecule has 0 aliphatic rings. The van der Waals surface area contributed by atoms with E-state index in [1.54, 1.807) is 66.8 Å². The number of alkyl carbamates (subject to hydrolysis) is 1. The van der Waals surface area contributed by atoms with E-state index >= 15 is 13.2 Å². The summed E-state index contributed by atoms with van der Waals surface area (Å²) >= 11 is 0. The number of benzene rings is 3. The standard InChI is InChI=1S/C28H23F3N2O5/c1-17-12-14-19(15-13-17)22-20-10-6-7-11-21(20)32-24(34)23(22)27(25(35)37-2,28(29,30)31)33-26(36)38-16-18-8-4-3-5-9-18/h3-15H,16H2,1-2H3,(H,32,34)(H,33,36). The first-order chi connectivity index (χ1) is 18.1. The van der Waals surface area contributed by atoms with E-state index in [0.717, 1.165) is 12.7 Å². The van der Waals surface area contributed by atoms with Gasteiger partial charge in [0.1, 0.15) is 6.61 Å². The topological polar surface area (TPSA) is 97.5 Å². The number of aromatic nitrogens is 1. The van der Waals surface area contributed by atoms with Gasteiger partial charge in [-0.1, -0.05) is 78.4 Å². The number of aryl methyl sites for hydroxylation is 1. The summed E-state index contributed by atoms with van der Waals surface area (Å²) in [6.07, 6.45) is -7.08. The van der Waals surface area contributed by atoms with Gasteiger partial charge in [0.25, 0.3) is 11.1 Å². The van der Waals surface area contributed by atoms with Crippen molar-refractivity contribution in [2.45, 2.75) is 25.2 Å². The number of methoxy groups -OCH3 is 1. The van der Waals surface area contributed by atoms with Gasteiger partial charge in [0.05, 0.1) is 12.7 Å². The molecule has 0 fully saturated rings. The number of hydrogen-bond acceptors (Lipinski definition) is 5. The van der Waals surface area contributed by atoms with Crippen LogP contribution in [0.3, 0.4) is 0 Å². The van der Waals surface area contributed by atoms with Crippen LogP contribution in [0.4, 0.5) is 18.0 Å². The Morgan fingerprint density at radius 2 is 1.55 bits per heavy atom. The van der Waals surface area contributed by atoms with Gasteiger partial charge >= 0.3 is 18.2 Å². The van der Waals surface area contributed by atoms with Gasteiger partial charge in [-0.2, -0.15) is 13.2 Å². The molecule has 4 rings (SSSR count). The summed E-state index contributed by atoms with van der Waals surface area (Å²) in [5.74, 6) is -1.91. The van der Waals surface area contributed by atoms with Crippen molar-refractivity contribution in [1.29, 1.82) is 0 Å². The van der Waals surface area contributed by atoms with Crippen LogP contribution in [0.2, 0.25) is 0 Å². The highest BCUT2D eigenvalue weighted by Crippen LogP contribution is 2.44. The molecule has 2 N–H and O–H groups in total. The van der Waals surface area contributed by atoms with Gasteiger partial charge in [-0.25, -0.2) is 9.59 Å². The Kier molecular flexibility index (Phi) is 7.25. The summed E-state index contributed by atoms with van der Waals surface area (Å²) in [5.41, 5.74) is -4.57. The Morgan fingerprint density at radius 3 is 2.18 bits per heavy atom. The van der Waals surface area contributed by atoms with Crippen LogP contribution in [0.15, 0.2) is 83.7 Å². The molecule has 1 heterocycles. The van der Waals surface area contributed by atoms with Gasteiger partial charge in [0.2, 0.25) is 0 Å². The van der Waals surface area contributed by atoms with Crippen molar-refractivity contribution in [2.75, 3.05) is 7.11 Å². The largest absolute Gasteiger partial charge is 0.467 e. The molecule has 0 radical (unpaired) electrons. The highest BCUT2D eigenvalue weighted by molar-refractivity contribution is 6.00. The lowest BCUT2D eigenvalue weighted by Crippen LogP contribution is -2.63. The zero-order valence-corrected chi connectivity index (χ0v) is 20.4. The Hall–Kier alpha value is -4.60. The minimum atomic E-state index is -5.51. The van der Waals surface area contributed by atoms with Gasteiger partial charge in [-0.05, 0) is 24.1 Å². The number of H-pyrrole nitrogens is 1. The van der Waals surface area contributed by atoms with Crippen LogP contribution in [0.5, 0.6) is 0 Å². The molecule has 10 heteroatoms. The number of hydrogen-bond donors (Lipinski definition) is 2. The third kappa shape index (κ3) is 4.84.